The van der Waals surface area contributed by atoms with E-state index in [-0.39, 0.29) is 0 Å². The molecule has 2 aliphatic heterocycles. The number of carbonyl (C=O) groups is 1. The molecule has 4 nitrogen and oxygen atoms in total. The molecule has 0 aliphatic carbocycles. The summed E-state index contributed by atoms with van der Waals surface area (Å²) in [7, 11) is 0. The van der Waals surface area contributed by atoms with Crippen molar-refractivity contribution in [1.82, 2.24) is 5.32 Å². The Kier molecular flexibility index (Phi) is 2.33. The van der Waals surface area contributed by atoms with Gasteiger partial charge in [0.25, 0.3) is 0 Å². The minimum Gasteiger partial charge on any atom is -0.478 e. The van der Waals surface area contributed by atoms with Crippen molar-refractivity contribution < 1.29 is 14.6 Å². The van der Waals surface area contributed by atoms with Gasteiger partial charge in [-0.15, -0.1) is 0 Å². The SMILES string of the molecule is O=C(O)C=C1CC2COCC(C1)N2. The van der Waals surface area contributed by atoms with Gasteiger partial charge < -0.3 is 15.2 Å². The summed E-state index contributed by atoms with van der Waals surface area (Å²) in [5.41, 5.74) is 1.03. The normalized spacial score (nSPS) is 32.8. The lowest BCUT2D eigenvalue weighted by Crippen LogP contribution is -2.52. The van der Waals surface area contributed by atoms with Crippen LogP contribution in [-0.2, 0) is 9.53 Å². The molecule has 0 aromatic rings. The van der Waals surface area contributed by atoms with E-state index in [4.69, 9.17) is 9.84 Å². The molecule has 2 fully saturated rings. The van der Waals surface area contributed by atoms with Crippen molar-refractivity contribution in [2.45, 2.75) is 24.9 Å². The average molecular weight is 183 g/mol. The summed E-state index contributed by atoms with van der Waals surface area (Å²) in [5.74, 6) is -0.837. The first kappa shape index (κ1) is 8.72. The Morgan fingerprint density at radius 3 is 2.62 bits per heavy atom. The fraction of sp³-hybridized carbons (Fsp3) is 0.667. The van der Waals surface area contributed by atoms with Gasteiger partial charge in [0, 0.05) is 18.2 Å². The van der Waals surface area contributed by atoms with E-state index < -0.39 is 5.97 Å². The highest BCUT2D eigenvalue weighted by Crippen LogP contribution is 2.22. The highest BCUT2D eigenvalue weighted by Gasteiger charge is 2.28. The fourth-order valence-corrected chi connectivity index (χ4v) is 2.03. The molecular weight excluding hydrogens is 170 g/mol. The Labute approximate surface area is 76.6 Å². The number of ether oxygens (including phenoxy) is 1. The Morgan fingerprint density at radius 1 is 1.46 bits per heavy atom. The topological polar surface area (TPSA) is 58.6 Å². The Hall–Kier alpha value is -0.870. The standard InChI is InChI=1S/C9H13NO3/c11-9(12)3-6-1-7-4-13-5-8(2-6)10-7/h3,7-8,10H,1-2,4-5H2,(H,11,12). The first-order chi connectivity index (χ1) is 6.24. The molecule has 2 bridgehead atoms. The van der Waals surface area contributed by atoms with E-state index in [9.17, 15) is 4.79 Å². The maximum Gasteiger partial charge on any atom is 0.328 e. The molecule has 0 radical (unpaired) electrons. The number of rotatable bonds is 1. The molecule has 0 aromatic heterocycles. The molecule has 2 unspecified atom stereocenters. The van der Waals surface area contributed by atoms with E-state index in [1.165, 1.54) is 6.08 Å². The van der Waals surface area contributed by atoms with Crippen molar-refractivity contribution in [3.8, 4) is 0 Å². The van der Waals surface area contributed by atoms with Gasteiger partial charge >= 0.3 is 5.97 Å². The van der Waals surface area contributed by atoms with Crippen LogP contribution in [-0.4, -0.2) is 36.4 Å². The van der Waals surface area contributed by atoms with Gasteiger partial charge in [-0.3, -0.25) is 0 Å². The predicted octanol–water partition coefficient (Wildman–Crippen LogP) is 0.148. The van der Waals surface area contributed by atoms with Crippen LogP contribution in [0, 0.1) is 0 Å². The van der Waals surface area contributed by atoms with Gasteiger partial charge in [-0.25, -0.2) is 4.79 Å². The van der Waals surface area contributed by atoms with E-state index in [0.29, 0.717) is 25.3 Å². The molecule has 2 atom stereocenters. The number of aliphatic carboxylic acids is 1. The second-order valence-electron chi connectivity index (χ2n) is 3.65. The molecule has 0 aromatic carbocycles. The van der Waals surface area contributed by atoms with Crippen LogP contribution >= 0.6 is 0 Å². The molecule has 2 N–H and O–H groups in total. The van der Waals surface area contributed by atoms with Crippen molar-refractivity contribution in [2.75, 3.05) is 13.2 Å². The van der Waals surface area contributed by atoms with E-state index in [2.05, 4.69) is 5.32 Å². The molecule has 13 heavy (non-hydrogen) atoms. The van der Waals surface area contributed by atoms with Gasteiger partial charge in [0.05, 0.1) is 13.2 Å². The van der Waals surface area contributed by atoms with E-state index in [0.717, 1.165) is 18.4 Å². The van der Waals surface area contributed by atoms with Crippen LogP contribution in [0.15, 0.2) is 11.6 Å². The summed E-state index contributed by atoms with van der Waals surface area (Å²) in [4.78, 5) is 10.5. The fourth-order valence-electron chi connectivity index (χ4n) is 2.03. The minimum absolute atomic E-state index is 0.318. The first-order valence-corrected chi connectivity index (χ1v) is 4.50. The highest BCUT2D eigenvalue weighted by atomic mass is 16.5. The second kappa shape index (κ2) is 3.47. The summed E-state index contributed by atoms with van der Waals surface area (Å²) < 4.78 is 5.35. The molecule has 4 heteroatoms. The zero-order valence-corrected chi connectivity index (χ0v) is 7.32. The average Bonchev–Trinajstić information content (AvgIpc) is 2.01. The van der Waals surface area contributed by atoms with Crippen molar-refractivity contribution in [3.05, 3.63) is 11.6 Å². The zero-order chi connectivity index (χ0) is 9.26. The largest absolute Gasteiger partial charge is 0.478 e. The van der Waals surface area contributed by atoms with Crippen LogP contribution < -0.4 is 5.32 Å². The van der Waals surface area contributed by atoms with Crippen molar-refractivity contribution in [1.29, 1.82) is 0 Å². The Bertz CT molecular complexity index is 235. The van der Waals surface area contributed by atoms with E-state index >= 15 is 0 Å². The summed E-state index contributed by atoms with van der Waals surface area (Å²) in [6, 6.07) is 0.635. The maximum atomic E-state index is 10.5. The molecule has 2 rings (SSSR count). The molecule has 0 amide bonds. The number of hydrogen-bond acceptors (Lipinski definition) is 3. The number of piperidine rings is 1. The van der Waals surface area contributed by atoms with Gasteiger partial charge in [-0.1, -0.05) is 5.57 Å². The third-order valence-electron chi connectivity index (χ3n) is 2.45. The van der Waals surface area contributed by atoms with Crippen LogP contribution in [0.5, 0.6) is 0 Å². The summed E-state index contributed by atoms with van der Waals surface area (Å²) in [6.45, 7) is 1.40. The maximum absolute atomic E-state index is 10.5. The van der Waals surface area contributed by atoms with Crippen molar-refractivity contribution in [2.24, 2.45) is 0 Å². The number of carboxylic acids is 1. The molecule has 0 spiro atoms. The van der Waals surface area contributed by atoms with Crippen LogP contribution in [0.1, 0.15) is 12.8 Å². The lowest BCUT2D eigenvalue weighted by molar-refractivity contribution is -0.131. The van der Waals surface area contributed by atoms with Crippen LogP contribution in [0.4, 0.5) is 0 Å². The summed E-state index contributed by atoms with van der Waals surface area (Å²) >= 11 is 0. The monoisotopic (exact) mass is 183 g/mol. The number of fused-ring (bicyclic) bond motifs is 2. The van der Waals surface area contributed by atoms with Gasteiger partial charge in [0.2, 0.25) is 0 Å². The van der Waals surface area contributed by atoms with Gasteiger partial charge in [-0.2, -0.15) is 0 Å². The third-order valence-corrected chi connectivity index (χ3v) is 2.45. The molecule has 0 saturated carbocycles. The molecule has 2 aliphatic rings. The smallest absolute Gasteiger partial charge is 0.328 e. The molecule has 72 valence electrons. The van der Waals surface area contributed by atoms with Crippen molar-refractivity contribution in [3.63, 3.8) is 0 Å². The highest BCUT2D eigenvalue weighted by molar-refractivity contribution is 5.80. The quantitative estimate of drug-likeness (QED) is 0.568. The number of hydrogen-bond donors (Lipinski definition) is 2. The molecule has 2 heterocycles. The molecular formula is C9H13NO3. The lowest BCUT2D eigenvalue weighted by Gasteiger charge is -2.37. The minimum atomic E-state index is -0.837. The van der Waals surface area contributed by atoms with Crippen LogP contribution in [0.3, 0.4) is 0 Å². The van der Waals surface area contributed by atoms with E-state index in [1.54, 1.807) is 0 Å². The van der Waals surface area contributed by atoms with Crippen LogP contribution in [0.25, 0.3) is 0 Å². The second-order valence-corrected chi connectivity index (χ2v) is 3.65. The first-order valence-electron chi connectivity index (χ1n) is 4.50. The predicted molar refractivity (Wildman–Crippen MR) is 46.5 cm³/mol. The Morgan fingerprint density at radius 2 is 2.08 bits per heavy atom. The van der Waals surface area contributed by atoms with Crippen molar-refractivity contribution >= 4 is 5.97 Å². The number of nitrogens with one attached hydrogen (secondary N) is 1. The summed E-state index contributed by atoms with van der Waals surface area (Å²) in [5, 5.41) is 12.0. The third kappa shape index (κ3) is 2.08. The Balaban J connectivity index is 2.05. The van der Waals surface area contributed by atoms with Gasteiger partial charge in [0.1, 0.15) is 0 Å². The van der Waals surface area contributed by atoms with Gasteiger partial charge in [0.15, 0.2) is 0 Å². The lowest BCUT2D eigenvalue weighted by atomic mass is 9.92. The van der Waals surface area contributed by atoms with E-state index in [1.807, 2.05) is 0 Å². The summed E-state index contributed by atoms with van der Waals surface area (Å²) in [6.07, 6.45) is 2.96. The zero-order valence-electron chi connectivity index (χ0n) is 7.32. The van der Waals surface area contributed by atoms with Crippen LogP contribution in [0.2, 0.25) is 0 Å². The number of morpholine rings is 1. The number of carboxylic acid groups (broad SMARTS) is 1. The molecule has 2 saturated heterocycles. The van der Waals surface area contributed by atoms with Gasteiger partial charge in [-0.05, 0) is 12.8 Å².